The molecule has 0 saturated carbocycles. The molecule has 1 aliphatic rings. The number of aromatic nitrogens is 3. The smallest absolute Gasteiger partial charge is 0.257 e. The van der Waals surface area contributed by atoms with Crippen molar-refractivity contribution in [3.63, 3.8) is 0 Å². The third-order valence-corrected chi connectivity index (χ3v) is 3.77. The van der Waals surface area contributed by atoms with Crippen molar-refractivity contribution in [1.29, 1.82) is 0 Å². The van der Waals surface area contributed by atoms with Gasteiger partial charge in [-0.15, -0.1) is 0 Å². The maximum atomic E-state index is 12.2. The van der Waals surface area contributed by atoms with E-state index in [9.17, 15) is 4.79 Å². The highest BCUT2D eigenvalue weighted by Gasteiger charge is 2.26. The highest BCUT2D eigenvalue weighted by Crippen LogP contribution is 2.32. The molecule has 3 N–H and O–H groups in total. The Morgan fingerprint density at radius 1 is 1.32 bits per heavy atom. The maximum Gasteiger partial charge on any atom is 0.257 e. The number of para-hydroxylation sites is 2. The number of hydrogen-bond donors (Lipinski definition) is 2. The summed E-state index contributed by atoms with van der Waals surface area (Å²) in [7, 11) is 1.92. The summed E-state index contributed by atoms with van der Waals surface area (Å²) in [6.45, 7) is 0. The summed E-state index contributed by atoms with van der Waals surface area (Å²) in [4.78, 5) is 20.9. The fourth-order valence-corrected chi connectivity index (χ4v) is 2.65. The Bertz CT molecular complexity index is 954. The van der Waals surface area contributed by atoms with Crippen molar-refractivity contribution in [2.45, 2.75) is 0 Å². The van der Waals surface area contributed by atoms with Crippen molar-refractivity contribution < 1.29 is 4.79 Å². The molecule has 1 amide bonds. The van der Waals surface area contributed by atoms with Crippen LogP contribution in [0, 0.1) is 0 Å². The van der Waals surface area contributed by atoms with E-state index in [0.717, 1.165) is 11.0 Å². The number of nitrogen functional groups attached to an aromatic ring is 1. The lowest BCUT2D eigenvalue weighted by Gasteiger charge is -2.00. The fourth-order valence-electron chi connectivity index (χ4n) is 2.65. The summed E-state index contributed by atoms with van der Waals surface area (Å²) in [6.07, 6.45) is 3.29. The van der Waals surface area contributed by atoms with Gasteiger partial charge in [-0.05, 0) is 24.3 Å². The van der Waals surface area contributed by atoms with Crippen LogP contribution in [0.5, 0.6) is 0 Å². The summed E-state index contributed by atoms with van der Waals surface area (Å²) in [5, 5.41) is 2.74. The number of nitrogens with one attached hydrogen (secondary N) is 1. The van der Waals surface area contributed by atoms with Gasteiger partial charge in [0.15, 0.2) is 0 Å². The molecule has 22 heavy (non-hydrogen) atoms. The van der Waals surface area contributed by atoms with Crippen LogP contribution in [-0.4, -0.2) is 20.4 Å². The number of nitrogens with two attached hydrogens (primary N) is 1. The Labute approximate surface area is 126 Å². The highest BCUT2D eigenvalue weighted by molar-refractivity contribution is 6.34. The van der Waals surface area contributed by atoms with Crippen LogP contribution in [0.1, 0.15) is 11.4 Å². The van der Waals surface area contributed by atoms with Crippen LogP contribution in [0.25, 0.3) is 22.7 Å². The lowest BCUT2D eigenvalue weighted by Crippen LogP contribution is -2.04. The number of nitrogens with zero attached hydrogens (tertiary/aromatic N) is 3. The molecule has 1 aromatic carbocycles. The Morgan fingerprint density at radius 3 is 2.95 bits per heavy atom. The van der Waals surface area contributed by atoms with E-state index in [-0.39, 0.29) is 5.91 Å². The number of carbonyl (C=O) groups is 1. The van der Waals surface area contributed by atoms with Gasteiger partial charge in [0.2, 0.25) is 0 Å². The molecular formula is C16H13N5O. The number of amides is 1. The number of aryl methyl sites for hydroxylation is 1. The van der Waals surface area contributed by atoms with Crippen LogP contribution in [-0.2, 0) is 11.8 Å². The van der Waals surface area contributed by atoms with Crippen LogP contribution in [0.3, 0.4) is 0 Å². The first-order valence-corrected chi connectivity index (χ1v) is 6.84. The van der Waals surface area contributed by atoms with Crippen LogP contribution >= 0.6 is 0 Å². The van der Waals surface area contributed by atoms with Gasteiger partial charge >= 0.3 is 0 Å². The molecule has 0 saturated heterocycles. The van der Waals surface area contributed by atoms with Crippen LogP contribution < -0.4 is 11.1 Å². The van der Waals surface area contributed by atoms with Gasteiger partial charge in [0, 0.05) is 12.6 Å². The molecule has 0 bridgehead atoms. The fraction of sp³-hybridized carbons (Fsp3) is 0.0625. The second-order valence-electron chi connectivity index (χ2n) is 5.19. The molecular weight excluding hydrogens is 278 g/mol. The number of carbonyl (C=O) groups excluding carboxylic acids is 1. The molecule has 0 fully saturated rings. The van der Waals surface area contributed by atoms with E-state index in [1.54, 1.807) is 12.1 Å². The molecule has 0 atom stereocenters. The minimum atomic E-state index is -0.194. The monoisotopic (exact) mass is 291 g/mol. The second-order valence-corrected chi connectivity index (χ2v) is 5.19. The summed E-state index contributed by atoms with van der Waals surface area (Å²) in [6, 6.07) is 9.58. The molecule has 108 valence electrons. The molecule has 6 heteroatoms. The number of anilines is 2. The molecule has 0 spiro atoms. The van der Waals surface area contributed by atoms with E-state index < -0.39 is 0 Å². The van der Waals surface area contributed by atoms with E-state index >= 15 is 0 Å². The van der Waals surface area contributed by atoms with Crippen molar-refractivity contribution in [3.05, 3.63) is 47.9 Å². The maximum absolute atomic E-state index is 12.2. The highest BCUT2D eigenvalue weighted by atomic mass is 16.2. The van der Waals surface area contributed by atoms with Crippen molar-refractivity contribution in [1.82, 2.24) is 14.5 Å². The number of fused-ring (bicyclic) bond motifs is 2. The summed E-state index contributed by atoms with van der Waals surface area (Å²) < 4.78 is 1.95. The van der Waals surface area contributed by atoms with Gasteiger partial charge < -0.3 is 15.6 Å². The van der Waals surface area contributed by atoms with Gasteiger partial charge in [0.1, 0.15) is 11.6 Å². The van der Waals surface area contributed by atoms with Crippen LogP contribution in [0.2, 0.25) is 0 Å². The minimum absolute atomic E-state index is 0.194. The molecule has 3 aromatic rings. The van der Waals surface area contributed by atoms with Crippen molar-refractivity contribution in [2.24, 2.45) is 7.05 Å². The molecule has 6 nitrogen and oxygen atoms in total. The largest absolute Gasteiger partial charge is 0.397 e. The number of imidazole rings is 1. The predicted octanol–water partition coefficient (Wildman–Crippen LogP) is 2.04. The summed E-state index contributed by atoms with van der Waals surface area (Å²) in [5.41, 5.74) is 9.42. The van der Waals surface area contributed by atoms with Gasteiger partial charge in [-0.1, -0.05) is 12.1 Å². The van der Waals surface area contributed by atoms with Crippen molar-refractivity contribution in [2.75, 3.05) is 11.1 Å². The molecule has 3 heterocycles. The molecule has 4 rings (SSSR count). The second kappa shape index (κ2) is 4.42. The van der Waals surface area contributed by atoms with E-state index in [0.29, 0.717) is 28.5 Å². The average Bonchev–Trinajstić information content (AvgIpc) is 2.99. The van der Waals surface area contributed by atoms with E-state index in [1.165, 1.54) is 6.20 Å². The standard InChI is InChI=1S/C16H13N5O/c1-21-13-5-3-2-4-12(13)19-14(21)7-11-10-6-9(17)8-18-15(10)20-16(11)22/h2-8H,17H2,1H3,(H,18,20,22). The Morgan fingerprint density at radius 2 is 2.14 bits per heavy atom. The van der Waals surface area contributed by atoms with Gasteiger partial charge in [-0.2, -0.15) is 0 Å². The number of pyridine rings is 1. The lowest BCUT2D eigenvalue weighted by atomic mass is 10.1. The lowest BCUT2D eigenvalue weighted by molar-refractivity contribution is -0.110. The van der Waals surface area contributed by atoms with Crippen LogP contribution in [0.15, 0.2) is 36.5 Å². The SMILES string of the molecule is Cn1c(C=C2C(=O)Nc3ncc(N)cc32)nc2ccccc21. The molecule has 0 radical (unpaired) electrons. The van der Waals surface area contributed by atoms with Gasteiger partial charge in [0.05, 0.1) is 28.5 Å². The van der Waals surface area contributed by atoms with E-state index in [1.807, 2.05) is 35.9 Å². The van der Waals surface area contributed by atoms with Gasteiger partial charge in [-0.3, -0.25) is 4.79 Å². The van der Waals surface area contributed by atoms with Crippen molar-refractivity contribution >= 4 is 40.1 Å². The van der Waals surface area contributed by atoms with Gasteiger partial charge in [-0.25, -0.2) is 9.97 Å². The molecule has 0 unspecified atom stereocenters. The first-order valence-electron chi connectivity index (χ1n) is 6.84. The Balaban J connectivity index is 1.91. The zero-order valence-corrected chi connectivity index (χ0v) is 11.9. The van der Waals surface area contributed by atoms with E-state index in [4.69, 9.17) is 5.73 Å². The Kier molecular flexibility index (Phi) is 2.53. The zero-order chi connectivity index (χ0) is 15.3. The Hall–Kier alpha value is -3.15. The third kappa shape index (κ3) is 1.77. The minimum Gasteiger partial charge on any atom is -0.397 e. The zero-order valence-electron chi connectivity index (χ0n) is 11.9. The number of rotatable bonds is 1. The first kappa shape index (κ1) is 12.6. The molecule has 1 aliphatic heterocycles. The molecule has 2 aromatic heterocycles. The third-order valence-electron chi connectivity index (χ3n) is 3.77. The molecule has 0 aliphatic carbocycles. The number of benzene rings is 1. The van der Waals surface area contributed by atoms with Crippen LogP contribution in [0.4, 0.5) is 11.5 Å². The van der Waals surface area contributed by atoms with E-state index in [2.05, 4.69) is 15.3 Å². The number of hydrogen-bond acceptors (Lipinski definition) is 4. The first-order chi connectivity index (χ1) is 10.6. The van der Waals surface area contributed by atoms with Gasteiger partial charge in [0.25, 0.3) is 5.91 Å². The topological polar surface area (TPSA) is 85.8 Å². The van der Waals surface area contributed by atoms with Crippen molar-refractivity contribution in [3.8, 4) is 0 Å². The summed E-state index contributed by atoms with van der Waals surface area (Å²) in [5.74, 6) is 1.05. The normalized spacial score (nSPS) is 15.3. The quantitative estimate of drug-likeness (QED) is 0.672. The predicted molar refractivity (Wildman–Crippen MR) is 85.9 cm³/mol. The average molecular weight is 291 g/mol. The summed E-state index contributed by atoms with van der Waals surface area (Å²) >= 11 is 0.